The monoisotopic (exact) mass is 662 g/mol. The Hall–Kier alpha value is -6.10. The molecule has 1 heterocycles. The van der Waals surface area contributed by atoms with Gasteiger partial charge in [0.1, 0.15) is 0 Å². The second-order valence-electron chi connectivity index (χ2n) is 13.4. The molecule has 6 aromatic carbocycles. The number of nitrogens with one attached hydrogen (secondary N) is 2. The van der Waals surface area contributed by atoms with Crippen LogP contribution in [0.5, 0.6) is 0 Å². The van der Waals surface area contributed by atoms with Crippen LogP contribution in [0.25, 0.3) is 49.8 Å². The third kappa shape index (κ3) is 6.87. The number of benzene rings is 6. The van der Waals surface area contributed by atoms with Crippen molar-refractivity contribution in [3.8, 4) is 22.3 Å². The molecule has 0 amide bonds. The minimum Gasteiger partial charge on any atom is -0.387 e. The van der Waals surface area contributed by atoms with E-state index in [-0.39, 0.29) is 6.04 Å². The van der Waals surface area contributed by atoms with Crippen LogP contribution in [0.3, 0.4) is 0 Å². The minimum atomic E-state index is -0.194. The van der Waals surface area contributed by atoms with Crippen LogP contribution in [0.4, 0.5) is 11.4 Å². The van der Waals surface area contributed by atoms with Crippen molar-refractivity contribution in [3.05, 3.63) is 187 Å². The van der Waals surface area contributed by atoms with Gasteiger partial charge in [0.05, 0.1) is 11.0 Å². The van der Waals surface area contributed by atoms with Crippen molar-refractivity contribution in [3.63, 3.8) is 0 Å². The Labute approximate surface area is 300 Å². The lowest BCUT2D eigenvalue weighted by atomic mass is 9.99. The lowest BCUT2D eigenvalue weighted by molar-refractivity contribution is 0.730. The zero-order valence-electron chi connectivity index (χ0n) is 28.8. The van der Waals surface area contributed by atoms with Gasteiger partial charge in [0.15, 0.2) is 0 Å². The number of rotatable bonds is 10. The van der Waals surface area contributed by atoms with E-state index < -0.39 is 0 Å². The number of nitrogens with two attached hydrogens (primary N) is 1. The molecule has 0 saturated heterocycles. The Kier molecular flexibility index (Phi) is 9.07. The first-order chi connectivity index (χ1) is 25.1. The predicted octanol–water partition coefficient (Wildman–Crippen LogP) is 11.6. The van der Waals surface area contributed by atoms with E-state index >= 15 is 0 Å². The van der Waals surface area contributed by atoms with Gasteiger partial charge < -0.3 is 20.9 Å². The topological polar surface area (TPSA) is 55.0 Å². The van der Waals surface area contributed by atoms with E-state index in [1.807, 2.05) is 18.3 Å². The Balaban J connectivity index is 1.05. The maximum absolute atomic E-state index is 6.52. The van der Waals surface area contributed by atoms with Crippen LogP contribution in [-0.4, -0.2) is 4.57 Å². The molecule has 1 aromatic heterocycles. The van der Waals surface area contributed by atoms with Crippen LogP contribution in [0.1, 0.15) is 30.5 Å². The van der Waals surface area contributed by atoms with Crippen molar-refractivity contribution in [2.24, 2.45) is 11.7 Å². The highest BCUT2D eigenvalue weighted by atomic mass is 15.0. The highest BCUT2D eigenvalue weighted by Crippen LogP contribution is 2.41. The van der Waals surface area contributed by atoms with Crippen molar-refractivity contribution in [1.29, 1.82) is 0 Å². The van der Waals surface area contributed by atoms with Crippen molar-refractivity contribution >= 4 is 38.9 Å². The summed E-state index contributed by atoms with van der Waals surface area (Å²) in [5.41, 5.74) is 19.4. The summed E-state index contributed by atoms with van der Waals surface area (Å²) in [5.74, 6) is 0.496. The molecular formula is C47H42N4. The Morgan fingerprint density at radius 1 is 0.725 bits per heavy atom. The van der Waals surface area contributed by atoms with Gasteiger partial charge in [-0.25, -0.2) is 0 Å². The molecule has 4 N–H and O–H groups in total. The van der Waals surface area contributed by atoms with E-state index in [2.05, 4.69) is 180 Å². The van der Waals surface area contributed by atoms with E-state index in [9.17, 15) is 0 Å². The van der Waals surface area contributed by atoms with Crippen molar-refractivity contribution in [1.82, 2.24) is 9.88 Å². The van der Waals surface area contributed by atoms with Crippen molar-refractivity contribution in [2.75, 3.05) is 5.32 Å². The fourth-order valence-electron chi connectivity index (χ4n) is 7.18. The first-order valence-corrected chi connectivity index (χ1v) is 17.8. The predicted molar refractivity (Wildman–Crippen MR) is 217 cm³/mol. The van der Waals surface area contributed by atoms with Crippen molar-refractivity contribution < 1.29 is 0 Å². The number of para-hydroxylation sites is 1. The van der Waals surface area contributed by atoms with Gasteiger partial charge in [-0.2, -0.15) is 0 Å². The van der Waals surface area contributed by atoms with E-state index in [1.165, 1.54) is 55.3 Å². The summed E-state index contributed by atoms with van der Waals surface area (Å²) in [6, 6.07) is 51.5. The minimum absolute atomic E-state index is 0.194. The maximum atomic E-state index is 6.52. The summed E-state index contributed by atoms with van der Waals surface area (Å²) in [6.45, 7) is 2.97. The molecule has 0 spiro atoms. The van der Waals surface area contributed by atoms with Crippen LogP contribution in [-0.2, 0) is 6.54 Å². The van der Waals surface area contributed by atoms with Gasteiger partial charge in [0.2, 0.25) is 0 Å². The summed E-state index contributed by atoms with van der Waals surface area (Å²) in [6.07, 6.45) is 11.7. The molecule has 0 bridgehead atoms. The standard InChI is InChI=1S/C47H42N4/c1-33-12-10-19-40(28-33)51-46-21-9-8-20-41(46)43-30-42(37-16-6-3-7-17-37)45(31-47(43)51)50-39-18-11-13-34(29-39)32-49-27-26-44(48)38-24-22-36(23-25-38)35-14-4-2-5-15-35/h2-27,29-31,33,44,49-50H,28,32,48H2,1H3/b27-26-. The normalized spacial score (nSPS) is 14.9. The molecule has 0 fully saturated rings. The van der Waals surface area contributed by atoms with Crippen LogP contribution in [0, 0.1) is 5.92 Å². The van der Waals surface area contributed by atoms with E-state index in [0.29, 0.717) is 12.5 Å². The van der Waals surface area contributed by atoms with Gasteiger partial charge in [-0.3, -0.25) is 0 Å². The molecule has 4 heteroatoms. The summed E-state index contributed by atoms with van der Waals surface area (Å²) in [5, 5.41) is 9.80. The molecule has 51 heavy (non-hydrogen) atoms. The van der Waals surface area contributed by atoms with Gasteiger partial charge in [0, 0.05) is 46.0 Å². The maximum Gasteiger partial charge on any atom is 0.0558 e. The summed E-state index contributed by atoms with van der Waals surface area (Å²) in [7, 11) is 0. The molecule has 250 valence electrons. The molecule has 1 aliphatic carbocycles. The average Bonchev–Trinajstić information content (AvgIpc) is 3.50. The molecule has 4 nitrogen and oxygen atoms in total. The number of hydrogen-bond donors (Lipinski definition) is 3. The van der Waals surface area contributed by atoms with Crippen LogP contribution >= 0.6 is 0 Å². The quantitative estimate of drug-likeness (QED) is 0.137. The SMILES string of the molecule is CC1C=CC=C(n2c3ccccc3c3cc(-c4ccccc4)c(Nc4cccc(CN/C=C\C(N)c5ccc(-c6ccccc6)cc5)c4)cc32)C1. The van der Waals surface area contributed by atoms with E-state index in [1.54, 1.807) is 0 Å². The Morgan fingerprint density at radius 2 is 1.45 bits per heavy atom. The molecular weight excluding hydrogens is 621 g/mol. The fourth-order valence-corrected chi connectivity index (χ4v) is 7.18. The smallest absolute Gasteiger partial charge is 0.0558 e. The van der Waals surface area contributed by atoms with Gasteiger partial charge in [-0.15, -0.1) is 0 Å². The average molecular weight is 663 g/mol. The third-order valence-corrected chi connectivity index (χ3v) is 9.78. The molecule has 0 aliphatic heterocycles. The van der Waals surface area contributed by atoms with Gasteiger partial charge in [-0.1, -0.05) is 134 Å². The van der Waals surface area contributed by atoms with E-state index in [4.69, 9.17) is 5.73 Å². The van der Waals surface area contributed by atoms with Crippen LogP contribution < -0.4 is 16.4 Å². The molecule has 0 radical (unpaired) electrons. The Bertz CT molecular complexity index is 2380. The number of allylic oxidation sites excluding steroid dienone is 4. The second-order valence-corrected chi connectivity index (χ2v) is 13.4. The second kappa shape index (κ2) is 14.4. The van der Waals surface area contributed by atoms with E-state index in [0.717, 1.165) is 23.4 Å². The fraction of sp³-hybridized carbons (Fsp3) is 0.106. The first kappa shape index (κ1) is 32.1. The third-order valence-electron chi connectivity index (χ3n) is 9.78. The largest absolute Gasteiger partial charge is 0.387 e. The highest BCUT2D eigenvalue weighted by molar-refractivity contribution is 6.13. The number of anilines is 2. The summed E-state index contributed by atoms with van der Waals surface area (Å²) >= 11 is 0. The van der Waals surface area contributed by atoms with Gasteiger partial charge >= 0.3 is 0 Å². The molecule has 7 aromatic rings. The van der Waals surface area contributed by atoms with Gasteiger partial charge in [0.25, 0.3) is 0 Å². The van der Waals surface area contributed by atoms with Crippen molar-refractivity contribution in [2.45, 2.75) is 25.9 Å². The molecule has 1 aliphatic rings. The summed E-state index contributed by atoms with van der Waals surface area (Å²) < 4.78 is 2.46. The molecule has 2 atom stereocenters. The van der Waals surface area contributed by atoms with Crippen LogP contribution in [0.15, 0.2) is 176 Å². The highest BCUT2D eigenvalue weighted by Gasteiger charge is 2.19. The first-order valence-electron chi connectivity index (χ1n) is 17.8. The molecule has 8 rings (SSSR count). The van der Waals surface area contributed by atoms with Crippen LogP contribution in [0.2, 0.25) is 0 Å². The number of hydrogen-bond acceptors (Lipinski definition) is 3. The lowest BCUT2D eigenvalue weighted by Crippen LogP contribution is -2.10. The number of aromatic nitrogens is 1. The van der Waals surface area contributed by atoms with Gasteiger partial charge in [-0.05, 0) is 88.8 Å². The number of nitrogens with zero attached hydrogens (tertiary/aromatic N) is 1. The molecule has 0 saturated carbocycles. The summed E-state index contributed by atoms with van der Waals surface area (Å²) in [4.78, 5) is 0. The zero-order chi connectivity index (χ0) is 34.6. The number of fused-ring (bicyclic) bond motifs is 3. The zero-order valence-corrected chi connectivity index (χ0v) is 28.8. The Morgan fingerprint density at radius 3 is 2.24 bits per heavy atom. The molecule has 2 unspecified atom stereocenters. The lowest BCUT2D eigenvalue weighted by Gasteiger charge is -2.19.